The fourth-order valence-electron chi connectivity index (χ4n) is 6.58. The molecule has 13 heteroatoms. The fourth-order valence-corrected chi connectivity index (χ4v) is 8.60. The van der Waals surface area contributed by atoms with E-state index < -0.39 is 50.6 Å². The van der Waals surface area contributed by atoms with E-state index in [4.69, 9.17) is 0 Å². The number of thiazole rings is 1. The van der Waals surface area contributed by atoms with Crippen LogP contribution in [0, 0.1) is 29.1 Å². The van der Waals surface area contributed by atoms with Gasteiger partial charge in [-0.15, -0.1) is 11.3 Å². The molecule has 11 nitrogen and oxygen atoms in total. The molecule has 0 spiro atoms. The molecule has 5 rings (SSSR count). The summed E-state index contributed by atoms with van der Waals surface area (Å²) in [6, 6.07) is 4.43. The van der Waals surface area contributed by atoms with Crippen LogP contribution < -0.4 is 15.4 Å². The third-order valence-corrected chi connectivity index (χ3v) is 12.8. The van der Waals surface area contributed by atoms with Crippen molar-refractivity contribution in [2.75, 3.05) is 13.1 Å². The van der Waals surface area contributed by atoms with Gasteiger partial charge in [-0.05, 0) is 68.9 Å². The van der Waals surface area contributed by atoms with Crippen LogP contribution >= 0.6 is 11.3 Å². The molecule has 3 aliphatic rings. The molecule has 0 unspecified atom stereocenters. The highest BCUT2D eigenvalue weighted by Gasteiger charge is 2.69. The number of benzene rings is 1. The second-order valence-electron chi connectivity index (χ2n) is 14.3. The molecule has 3 amide bonds. The molecule has 2 saturated heterocycles. The van der Waals surface area contributed by atoms with Crippen molar-refractivity contribution in [3.8, 4) is 0 Å². The number of rotatable bonds is 10. The first kappa shape index (κ1) is 32.5. The van der Waals surface area contributed by atoms with Gasteiger partial charge in [0.1, 0.15) is 12.1 Å². The molecule has 6 atom stereocenters. The number of Topliss-reactive ketones (excluding diaryl/α,β-unsaturated/α-hetero) is 1. The highest BCUT2D eigenvalue weighted by molar-refractivity contribution is 7.90. The van der Waals surface area contributed by atoms with Gasteiger partial charge < -0.3 is 15.5 Å². The van der Waals surface area contributed by atoms with Crippen molar-refractivity contribution in [1.29, 1.82) is 0 Å². The largest absolute Gasteiger partial charge is 0.356 e. The third kappa shape index (κ3) is 5.90. The molecule has 1 saturated carbocycles. The maximum absolute atomic E-state index is 14.2. The van der Waals surface area contributed by atoms with E-state index in [1.165, 1.54) is 16.2 Å². The van der Waals surface area contributed by atoms with Gasteiger partial charge in [0.2, 0.25) is 33.5 Å². The zero-order chi connectivity index (χ0) is 32.4. The molecular weight excluding hydrogens is 603 g/mol. The number of ketones is 1. The number of amides is 3. The lowest BCUT2D eigenvalue weighted by atomic mass is 9.94. The molecule has 1 aliphatic carbocycles. The monoisotopic (exact) mass is 645 g/mol. The Labute approximate surface area is 263 Å². The molecule has 2 aromatic rings. The molecule has 44 heavy (non-hydrogen) atoms. The Morgan fingerprint density at radius 3 is 2.45 bits per heavy atom. The summed E-state index contributed by atoms with van der Waals surface area (Å²) in [4.78, 5) is 60.6. The van der Waals surface area contributed by atoms with E-state index in [9.17, 15) is 27.6 Å². The maximum Gasteiger partial charge on any atom is 0.243 e. The van der Waals surface area contributed by atoms with Crippen molar-refractivity contribution < 1.29 is 27.6 Å². The van der Waals surface area contributed by atoms with Gasteiger partial charge in [-0.25, -0.2) is 18.1 Å². The minimum Gasteiger partial charge on any atom is -0.356 e. The van der Waals surface area contributed by atoms with Crippen LogP contribution in [0.1, 0.15) is 71.1 Å². The number of sulfonamides is 1. The first-order chi connectivity index (χ1) is 20.4. The number of para-hydroxylation sites is 1. The number of aromatic nitrogens is 1. The van der Waals surface area contributed by atoms with E-state index in [2.05, 4.69) is 34.2 Å². The van der Waals surface area contributed by atoms with Crippen molar-refractivity contribution in [3.63, 3.8) is 0 Å². The van der Waals surface area contributed by atoms with Gasteiger partial charge in [-0.3, -0.25) is 19.2 Å². The molecule has 0 bridgehead atoms. The summed E-state index contributed by atoms with van der Waals surface area (Å²) in [7, 11) is -3.86. The third-order valence-electron chi connectivity index (χ3n) is 9.60. The number of hydrogen-bond acceptors (Lipinski definition) is 8. The lowest BCUT2D eigenvalue weighted by Crippen LogP contribution is -2.59. The van der Waals surface area contributed by atoms with Crippen LogP contribution in [0.5, 0.6) is 0 Å². The highest BCUT2D eigenvalue weighted by Crippen LogP contribution is 2.65. The van der Waals surface area contributed by atoms with Crippen LogP contribution in [-0.4, -0.2) is 77.8 Å². The lowest BCUT2D eigenvalue weighted by Gasteiger charge is -2.35. The van der Waals surface area contributed by atoms with E-state index in [0.29, 0.717) is 25.0 Å². The van der Waals surface area contributed by atoms with E-state index in [1.54, 1.807) is 34.6 Å². The molecule has 1 aromatic carbocycles. The van der Waals surface area contributed by atoms with Gasteiger partial charge in [0, 0.05) is 19.0 Å². The quantitative estimate of drug-likeness (QED) is 0.336. The summed E-state index contributed by atoms with van der Waals surface area (Å²) in [6.45, 7) is 13.2. The molecule has 0 radical (unpaired) electrons. The first-order valence-electron chi connectivity index (χ1n) is 15.2. The Balaban J connectivity index is 1.43. The molecule has 2 aliphatic heterocycles. The van der Waals surface area contributed by atoms with Gasteiger partial charge in [0.25, 0.3) is 0 Å². The average Bonchev–Trinajstić information content (AvgIpc) is 3.45. The first-order valence-corrected chi connectivity index (χ1v) is 17.5. The van der Waals surface area contributed by atoms with Crippen LogP contribution in [-0.2, 0) is 24.4 Å². The minimum absolute atomic E-state index is 0.0632. The number of nitrogens with zero attached hydrogens (tertiary/aromatic N) is 2. The smallest absolute Gasteiger partial charge is 0.243 e. The summed E-state index contributed by atoms with van der Waals surface area (Å²) >= 11 is 1.24. The summed E-state index contributed by atoms with van der Waals surface area (Å²) in [5, 5.41) is 5.98. The van der Waals surface area contributed by atoms with Crippen molar-refractivity contribution in [3.05, 3.63) is 29.3 Å². The van der Waals surface area contributed by atoms with Crippen LogP contribution in [0.4, 0.5) is 0 Å². The average molecular weight is 646 g/mol. The Kier molecular flexibility index (Phi) is 8.47. The van der Waals surface area contributed by atoms with Crippen LogP contribution in [0.2, 0.25) is 0 Å². The molecule has 3 heterocycles. The standard InChI is InChI=1S/C31H43N5O6S2/c1-16(2)23(35-44(41,42)30(3,4)5)29(40)36-15-18-22(31(18,6)7)24(36)27(39)33-20(14-17-12-13-32-26(17)38)25(37)28-34-19-10-8-9-11-21(19)43-28/h8-11,16-18,20,22-24,35H,12-15H2,1-7H3,(H,32,38)(H,33,39)/t17-,18-,20-,22-,23-,24-/m0/s1. The normalized spacial score (nSPS) is 25.9. The Morgan fingerprint density at radius 1 is 1.18 bits per heavy atom. The van der Waals surface area contributed by atoms with Crippen LogP contribution in [0.25, 0.3) is 10.2 Å². The maximum atomic E-state index is 14.2. The number of fused-ring (bicyclic) bond motifs is 2. The Bertz CT molecular complexity index is 1560. The number of likely N-dealkylation sites (tertiary alicyclic amines) is 1. The summed E-state index contributed by atoms with van der Waals surface area (Å²) in [6.07, 6.45) is 0.665. The number of piperidine rings is 1. The van der Waals surface area contributed by atoms with Gasteiger partial charge >= 0.3 is 0 Å². The molecule has 240 valence electrons. The minimum atomic E-state index is -3.86. The molecule has 3 N–H and O–H groups in total. The van der Waals surface area contributed by atoms with E-state index in [-0.39, 0.29) is 46.3 Å². The van der Waals surface area contributed by atoms with Gasteiger partial charge in [0.05, 0.1) is 21.0 Å². The summed E-state index contributed by atoms with van der Waals surface area (Å²) in [5.41, 5.74) is 0.478. The second kappa shape index (κ2) is 11.5. The number of hydrogen-bond donors (Lipinski definition) is 3. The van der Waals surface area contributed by atoms with Gasteiger partial charge in [-0.1, -0.05) is 39.8 Å². The van der Waals surface area contributed by atoms with Gasteiger partial charge in [-0.2, -0.15) is 0 Å². The molecule has 3 fully saturated rings. The van der Waals surface area contributed by atoms with E-state index >= 15 is 0 Å². The lowest BCUT2D eigenvalue weighted by molar-refractivity contribution is -0.142. The fraction of sp³-hybridized carbons (Fsp3) is 0.645. The zero-order valence-electron chi connectivity index (χ0n) is 26.3. The number of carbonyl (C=O) groups excluding carboxylic acids is 4. The van der Waals surface area contributed by atoms with Crippen LogP contribution in [0.3, 0.4) is 0 Å². The van der Waals surface area contributed by atoms with Crippen molar-refractivity contribution >= 4 is 55.1 Å². The topological polar surface area (TPSA) is 155 Å². The molecule has 1 aromatic heterocycles. The van der Waals surface area contributed by atoms with Crippen LogP contribution in [0.15, 0.2) is 24.3 Å². The number of carbonyl (C=O) groups is 4. The summed E-state index contributed by atoms with van der Waals surface area (Å²) < 4.78 is 28.4. The van der Waals surface area contributed by atoms with Crippen molar-refractivity contribution in [2.24, 2.45) is 29.1 Å². The van der Waals surface area contributed by atoms with Gasteiger partial charge in [0.15, 0.2) is 5.01 Å². The predicted molar refractivity (Wildman–Crippen MR) is 168 cm³/mol. The van der Waals surface area contributed by atoms with Crippen molar-refractivity contribution in [1.82, 2.24) is 25.2 Å². The Hall–Kier alpha value is -2.90. The second-order valence-corrected chi connectivity index (χ2v) is 17.8. The zero-order valence-corrected chi connectivity index (χ0v) is 28.0. The predicted octanol–water partition coefficient (Wildman–Crippen LogP) is 2.72. The number of nitrogens with one attached hydrogen (secondary N) is 3. The summed E-state index contributed by atoms with van der Waals surface area (Å²) in [5.74, 6) is -2.37. The Morgan fingerprint density at radius 2 is 1.86 bits per heavy atom. The van der Waals surface area contributed by atoms with E-state index in [0.717, 1.165) is 4.70 Å². The molecular formula is C31H43N5O6S2. The highest BCUT2D eigenvalue weighted by atomic mass is 32.2. The van der Waals surface area contributed by atoms with Crippen molar-refractivity contribution in [2.45, 2.75) is 84.2 Å². The SMILES string of the molecule is CC(C)[C@H](NS(=O)(=O)C(C)(C)C)C(=O)N1C[C@H]2[C@@H]([C@H]1C(=O)N[C@@H](C[C@@H]1CCNC1=O)C(=O)c1nc3ccccc3s1)C2(C)C. The van der Waals surface area contributed by atoms with E-state index in [1.807, 2.05) is 24.3 Å².